The molecule has 2 aromatic rings. The van der Waals surface area contributed by atoms with Crippen LogP contribution in [0.15, 0.2) is 11.7 Å². The molecule has 20 heavy (non-hydrogen) atoms. The summed E-state index contributed by atoms with van der Waals surface area (Å²) in [5, 5.41) is 12.8. The Morgan fingerprint density at radius 1 is 1.45 bits per heavy atom. The molecule has 0 unspecified atom stereocenters. The van der Waals surface area contributed by atoms with Crippen molar-refractivity contribution >= 4 is 17.2 Å². The van der Waals surface area contributed by atoms with Gasteiger partial charge in [-0.1, -0.05) is 0 Å². The van der Waals surface area contributed by atoms with Crippen molar-refractivity contribution < 1.29 is 4.79 Å². The fraction of sp³-hybridized carbons (Fsp3) is 0.500. The first-order valence-corrected chi connectivity index (χ1v) is 7.91. The van der Waals surface area contributed by atoms with Gasteiger partial charge in [0.2, 0.25) is 0 Å². The smallest absolute Gasteiger partial charge is 0.252 e. The van der Waals surface area contributed by atoms with Crippen molar-refractivity contribution in [2.45, 2.75) is 45.7 Å². The zero-order chi connectivity index (χ0) is 13.9. The average molecular weight is 290 g/mol. The normalized spacial score (nSPS) is 14.1. The maximum atomic E-state index is 12.3. The minimum Gasteiger partial charge on any atom is -0.345 e. The number of thiophene rings is 1. The molecule has 1 aliphatic rings. The lowest BCUT2D eigenvalue weighted by Crippen LogP contribution is -2.25. The number of fused-ring (bicyclic) bond motifs is 1. The lowest BCUT2D eigenvalue weighted by Gasteiger charge is -2.12. The van der Waals surface area contributed by atoms with E-state index in [-0.39, 0.29) is 5.91 Å². The van der Waals surface area contributed by atoms with Crippen LogP contribution in [0.1, 0.15) is 46.4 Å². The van der Waals surface area contributed by atoms with Gasteiger partial charge in [0.15, 0.2) is 5.82 Å². The maximum Gasteiger partial charge on any atom is 0.252 e. The van der Waals surface area contributed by atoms with E-state index in [4.69, 9.17) is 0 Å². The van der Waals surface area contributed by atoms with Crippen LogP contribution in [0.3, 0.4) is 0 Å². The Hall–Kier alpha value is -1.69. The number of aryl methyl sites for hydroxylation is 2. The van der Waals surface area contributed by atoms with Gasteiger partial charge in [-0.05, 0) is 38.2 Å². The number of hydrogen-bond acceptors (Lipinski definition) is 4. The molecule has 0 spiro atoms. The maximum absolute atomic E-state index is 12.3. The molecule has 0 radical (unpaired) electrons. The van der Waals surface area contributed by atoms with E-state index in [1.165, 1.54) is 23.3 Å². The lowest BCUT2D eigenvalue weighted by atomic mass is 9.96. The highest BCUT2D eigenvalue weighted by Gasteiger charge is 2.20. The zero-order valence-electron chi connectivity index (χ0n) is 11.6. The number of carbonyl (C=O) groups is 1. The summed E-state index contributed by atoms with van der Waals surface area (Å²) < 4.78 is 1.93. The van der Waals surface area contributed by atoms with Gasteiger partial charge in [0.1, 0.15) is 6.33 Å². The largest absolute Gasteiger partial charge is 0.345 e. The Bertz CT molecular complexity index is 616. The quantitative estimate of drug-likeness (QED) is 0.938. The summed E-state index contributed by atoms with van der Waals surface area (Å²) in [4.78, 5) is 13.7. The van der Waals surface area contributed by atoms with E-state index in [9.17, 15) is 4.79 Å². The van der Waals surface area contributed by atoms with Gasteiger partial charge in [0, 0.05) is 16.8 Å². The van der Waals surface area contributed by atoms with Crippen molar-refractivity contribution in [1.29, 1.82) is 0 Å². The summed E-state index contributed by atoms with van der Waals surface area (Å²) in [5.41, 5.74) is 2.11. The van der Waals surface area contributed by atoms with E-state index in [1.54, 1.807) is 17.7 Å². The van der Waals surface area contributed by atoms with Gasteiger partial charge in [0.25, 0.3) is 5.91 Å². The predicted octanol–water partition coefficient (Wildman–Crippen LogP) is 2.17. The molecule has 0 saturated carbocycles. The number of rotatable bonds is 4. The molecule has 2 aromatic heterocycles. The van der Waals surface area contributed by atoms with Crippen LogP contribution in [0.5, 0.6) is 0 Å². The molecule has 0 bridgehead atoms. The Morgan fingerprint density at radius 2 is 2.30 bits per heavy atom. The van der Waals surface area contributed by atoms with E-state index in [2.05, 4.69) is 15.5 Å². The van der Waals surface area contributed by atoms with Crippen molar-refractivity contribution in [2.24, 2.45) is 0 Å². The van der Waals surface area contributed by atoms with E-state index in [0.717, 1.165) is 30.8 Å². The van der Waals surface area contributed by atoms with Gasteiger partial charge < -0.3 is 9.88 Å². The topological polar surface area (TPSA) is 59.8 Å². The predicted molar refractivity (Wildman–Crippen MR) is 77.8 cm³/mol. The summed E-state index contributed by atoms with van der Waals surface area (Å²) in [6.07, 6.45) is 6.28. The molecule has 0 aromatic carbocycles. The summed E-state index contributed by atoms with van der Waals surface area (Å²) in [5.74, 6) is 0.806. The van der Waals surface area contributed by atoms with Crippen molar-refractivity contribution in [2.75, 3.05) is 0 Å². The van der Waals surface area contributed by atoms with Crippen LogP contribution in [-0.2, 0) is 25.9 Å². The summed E-state index contributed by atoms with van der Waals surface area (Å²) in [6.45, 7) is 3.27. The zero-order valence-corrected chi connectivity index (χ0v) is 12.4. The van der Waals surface area contributed by atoms with E-state index < -0.39 is 0 Å². The number of nitrogens with zero attached hydrogens (tertiary/aromatic N) is 3. The van der Waals surface area contributed by atoms with Crippen molar-refractivity contribution in [1.82, 2.24) is 20.1 Å². The Kier molecular flexibility index (Phi) is 3.82. The minimum absolute atomic E-state index is 0.00931. The Balaban J connectivity index is 1.69. The number of carbonyl (C=O) groups excluding carboxylic acids is 1. The molecular formula is C14H18N4OS. The molecule has 3 rings (SSSR count). The lowest BCUT2D eigenvalue weighted by molar-refractivity contribution is 0.0949. The first-order valence-electron chi connectivity index (χ1n) is 7.03. The van der Waals surface area contributed by atoms with E-state index in [1.807, 2.05) is 16.9 Å². The molecule has 1 aliphatic carbocycles. The highest BCUT2D eigenvalue weighted by Crippen LogP contribution is 2.30. The molecule has 1 N–H and O–H groups in total. The van der Waals surface area contributed by atoms with Gasteiger partial charge >= 0.3 is 0 Å². The molecule has 6 heteroatoms. The van der Waals surface area contributed by atoms with Gasteiger partial charge in [0.05, 0.1) is 12.1 Å². The van der Waals surface area contributed by atoms with Gasteiger partial charge in [-0.25, -0.2) is 0 Å². The number of nitrogens with one attached hydrogen (secondary N) is 1. The van der Waals surface area contributed by atoms with Crippen LogP contribution < -0.4 is 5.32 Å². The van der Waals surface area contributed by atoms with Crippen molar-refractivity contribution in [3.8, 4) is 0 Å². The minimum atomic E-state index is 0.00931. The average Bonchev–Trinajstić information content (AvgIpc) is 3.11. The monoisotopic (exact) mass is 290 g/mol. The van der Waals surface area contributed by atoms with Gasteiger partial charge in [-0.15, -0.1) is 21.5 Å². The number of amides is 1. The van der Waals surface area contributed by atoms with Crippen LogP contribution in [-0.4, -0.2) is 20.7 Å². The number of aromatic nitrogens is 3. The molecule has 0 aliphatic heterocycles. The van der Waals surface area contributed by atoms with Crippen LogP contribution in [0.2, 0.25) is 0 Å². The van der Waals surface area contributed by atoms with Crippen molar-refractivity contribution in [3.63, 3.8) is 0 Å². The summed E-state index contributed by atoms with van der Waals surface area (Å²) in [6, 6.07) is 0. The fourth-order valence-corrected chi connectivity index (χ4v) is 3.74. The van der Waals surface area contributed by atoms with Crippen molar-refractivity contribution in [3.05, 3.63) is 33.5 Å². The highest BCUT2D eigenvalue weighted by atomic mass is 32.1. The second kappa shape index (κ2) is 5.75. The van der Waals surface area contributed by atoms with E-state index >= 15 is 0 Å². The molecule has 0 atom stereocenters. The molecular weight excluding hydrogens is 272 g/mol. The van der Waals surface area contributed by atoms with Crippen LogP contribution in [0, 0.1) is 0 Å². The molecule has 106 valence electrons. The highest BCUT2D eigenvalue weighted by molar-refractivity contribution is 7.10. The fourth-order valence-electron chi connectivity index (χ4n) is 2.62. The Morgan fingerprint density at radius 3 is 3.15 bits per heavy atom. The summed E-state index contributed by atoms with van der Waals surface area (Å²) in [7, 11) is 0. The first kappa shape index (κ1) is 13.3. The Labute approximate surface area is 122 Å². The first-order chi connectivity index (χ1) is 9.79. The second-order valence-electron chi connectivity index (χ2n) is 4.97. The van der Waals surface area contributed by atoms with Crippen LogP contribution in [0.4, 0.5) is 0 Å². The standard InChI is InChI=1S/C14H18N4OS/c1-2-18-9-16-17-13(18)7-15-14(19)11-8-20-12-6-4-3-5-10(11)12/h8-9H,2-7H2,1H3,(H,15,19). The molecule has 2 heterocycles. The summed E-state index contributed by atoms with van der Waals surface area (Å²) >= 11 is 1.72. The second-order valence-corrected chi connectivity index (χ2v) is 5.94. The van der Waals surface area contributed by atoms with Crippen LogP contribution in [0.25, 0.3) is 0 Å². The van der Waals surface area contributed by atoms with Gasteiger partial charge in [-0.2, -0.15) is 0 Å². The molecule has 1 amide bonds. The van der Waals surface area contributed by atoms with E-state index in [0.29, 0.717) is 6.54 Å². The van der Waals surface area contributed by atoms with Crippen LogP contribution >= 0.6 is 11.3 Å². The third-order valence-corrected chi connectivity index (χ3v) is 4.84. The number of hydrogen-bond donors (Lipinski definition) is 1. The molecule has 0 saturated heterocycles. The van der Waals surface area contributed by atoms with Gasteiger partial charge in [-0.3, -0.25) is 4.79 Å². The SMILES string of the molecule is CCn1cnnc1CNC(=O)c1csc2c1CCCC2. The third-order valence-electron chi connectivity index (χ3n) is 3.75. The third kappa shape index (κ3) is 2.47. The molecule has 5 nitrogen and oxygen atoms in total. The molecule has 0 fully saturated rings.